The van der Waals surface area contributed by atoms with E-state index < -0.39 is 8.07 Å². The van der Waals surface area contributed by atoms with E-state index in [9.17, 15) is 0 Å². The third-order valence-corrected chi connectivity index (χ3v) is 10.6. The van der Waals surface area contributed by atoms with Crippen molar-refractivity contribution in [2.75, 3.05) is 0 Å². The molecule has 0 unspecified atom stereocenters. The minimum atomic E-state index is -1.56. The van der Waals surface area contributed by atoms with E-state index in [1.54, 1.807) is 0 Å². The molecular formula is C30H27N3SSi. The quantitative estimate of drug-likeness (QED) is 0.235. The van der Waals surface area contributed by atoms with Crippen LogP contribution in [-0.2, 0) is 13.0 Å². The summed E-state index contributed by atoms with van der Waals surface area (Å²) in [6.45, 7) is 10.5. The Morgan fingerprint density at radius 2 is 1.80 bits per heavy atom. The number of benzene rings is 3. The molecule has 4 heterocycles. The number of pyridine rings is 1. The third kappa shape index (κ3) is 3.15. The van der Waals surface area contributed by atoms with Crippen LogP contribution < -0.4 is 5.19 Å². The lowest BCUT2D eigenvalue weighted by Crippen LogP contribution is -2.38. The van der Waals surface area contributed by atoms with E-state index >= 15 is 0 Å². The highest BCUT2D eigenvalue weighted by molar-refractivity contribution is 7.26. The number of rotatable bonds is 2. The Morgan fingerprint density at radius 3 is 2.66 bits per heavy atom. The van der Waals surface area contributed by atoms with E-state index in [0.717, 1.165) is 30.0 Å². The molecule has 0 bridgehead atoms. The Labute approximate surface area is 210 Å². The predicted octanol–water partition coefficient (Wildman–Crippen LogP) is 7.54. The smallest absolute Gasteiger partial charge is 0.142 e. The summed E-state index contributed by atoms with van der Waals surface area (Å²) in [5.41, 5.74) is 7.38. The van der Waals surface area contributed by atoms with Crippen LogP contribution in [0.25, 0.3) is 53.9 Å². The number of fused-ring (bicyclic) bond motifs is 8. The molecule has 7 rings (SSSR count). The topological polar surface area (TPSA) is 30.7 Å². The molecule has 0 fully saturated rings. The Bertz CT molecular complexity index is 1800. The fourth-order valence-corrected chi connectivity index (χ4v) is 8.51. The Kier molecular flexibility index (Phi) is 4.42. The van der Waals surface area contributed by atoms with Gasteiger partial charge in [-0.15, -0.1) is 11.3 Å². The van der Waals surface area contributed by atoms with Crippen molar-refractivity contribution in [3.05, 3.63) is 78.0 Å². The molecule has 0 atom stereocenters. The van der Waals surface area contributed by atoms with Gasteiger partial charge in [0.15, 0.2) is 0 Å². The number of thiophene rings is 1. The van der Waals surface area contributed by atoms with E-state index in [-0.39, 0.29) is 0 Å². The van der Waals surface area contributed by atoms with Gasteiger partial charge in [-0.2, -0.15) is 0 Å². The van der Waals surface area contributed by atoms with Gasteiger partial charge in [-0.1, -0.05) is 78.9 Å². The summed E-state index contributed by atoms with van der Waals surface area (Å²) >= 11 is 1.85. The van der Waals surface area contributed by atoms with Crippen molar-refractivity contribution < 1.29 is 0 Å². The summed E-state index contributed by atoms with van der Waals surface area (Å²) < 4.78 is 3.66. The van der Waals surface area contributed by atoms with Gasteiger partial charge in [-0.05, 0) is 41.8 Å². The first-order valence-electron chi connectivity index (χ1n) is 12.3. The Balaban J connectivity index is 1.49. The maximum Gasteiger partial charge on any atom is 0.142 e. The second-order valence-corrected chi connectivity index (χ2v) is 16.8. The van der Waals surface area contributed by atoms with Crippen LogP contribution in [0.2, 0.25) is 19.6 Å². The number of hydrogen-bond acceptors (Lipinski definition) is 3. The van der Waals surface area contributed by atoms with Gasteiger partial charge in [0.05, 0.1) is 18.5 Å². The van der Waals surface area contributed by atoms with E-state index in [0.29, 0.717) is 0 Å². The standard InChI is InChI=1S/C30H27N3SSi/c1-18-9-10-22-20(15-18)16-21(17-25(22)35(2,3)4)26-28-24(11-13-31-26)27-30(34-28)33-14-12-19-7-5-6-8-23(19)29(33)32-27/h5-11,13,15-17H,12,14H2,1-4H3. The third-order valence-electron chi connectivity index (χ3n) is 7.33. The minimum absolute atomic E-state index is 0.980. The van der Waals surface area contributed by atoms with Crippen molar-refractivity contribution in [2.24, 2.45) is 0 Å². The van der Waals surface area contributed by atoms with Gasteiger partial charge >= 0.3 is 0 Å². The molecule has 3 aromatic heterocycles. The molecule has 6 aromatic rings. The lowest BCUT2D eigenvalue weighted by molar-refractivity contribution is 0.706. The van der Waals surface area contributed by atoms with Crippen molar-refractivity contribution in [3.63, 3.8) is 0 Å². The SMILES string of the molecule is Cc1ccc2c([Si](C)(C)C)cc(-c3nccc4c3sc3c4nc4n3CCc3ccccc3-4)cc2c1. The molecule has 5 heteroatoms. The Hall–Kier alpha value is -3.28. The van der Waals surface area contributed by atoms with Crippen molar-refractivity contribution in [2.45, 2.75) is 39.5 Å². The number of hydrogen-bond donors (Lipinski definition) is 0. The normalized spacial score (nSPS) is 13.5. The van der Waals surface area contributed by atoms with Crippen LogP contribution in [0.4, 0.5) is 0 Å². The Morgan fingerprint density at radius 1 is 0.943 bits per heavy atom. The fourth-order valence-electron chi connectivity index (χ4n) is 5.61. The predicted molar refractivity (Wildman–Crippen MR) is 153 cm³/mol. The zero-order chi connectivity index (χ0) is 23.9. The first-order valence-corrected chi connectivity index (χ1v) is 16.6. The highest BCUT2D eigenvalue weighted by Crippen LogP contribution is 2.42. The molecule has 3 aromatic carbocycles. The zero-order valence-electron chi connectivity index (χ0n) is 20.5. The number of imidazole rings is 1. The minimum Gasteiger partial charge on any atom is -0.315 e. The maximum atomic E-state index is 5.19. The molecule has 0 amide bonds. The van der Waals surface area contributed by atoms with E-state index in [2.05, 4.69) is 91.8 Å². The van der Waals surface area contributed by atoms with Crippen LogP contribution in [0.5, 0.6) is 0 Å². The monoisotopic (exact) mass is 489 g/mol. The van der Waals surface area contributed by atoms with Gasteiger partial charge in [-0.25, -0.2) is 4.98 Å². The molecule has 172 valence electrons. The molecular weight excluding hydrogens is 463 g/mol. The first-order chi connectivity index (χ1) is 16.9. The highest BCUT2D eigenvalue weighted by atomic mass is 32.1. The van der Waals surface area contributed by atoms with E-state index in [1.165, 1.54) is 53.1 Å². The molecule has 0 saturated heterocycles. The van der Waals surface area contributed by atoms with Gasteiger partial charge < -0.3 is 4.57 Å². The average Bonchev–Trinajstić information content (AvgIpc) is 3.39. The molecule has 1 aliphatic rings. The van der Waals surface area contributed by atoms with Crippen LogP contribution in [-0.4, -0.2) is 22.6 Å². The van der Waals surface area contributed by atoms with Crippen molar-refractivity contribution in [1.29, 1.82) is 0 Å². The summed E-state index contributed by atoms with van der Waals surface area (Å²) in [6.07, 6.45) is 3.02. The van der Waals surface area contributed by atoms with Crippen molar-refractivity contribution in [3.8, 4) is 22.6 Å². The zero-order valence-corrected chi connectivity index (χ0v) is 22.3. The van der Waals surface area contributed by atoms with Gasteiger partial charge in [0.1, 0.15) is 16.2 Å². The summed E-state index contributed by atoms with van der Waals surface area (Å²) in [5.74, 6) is 1.11. The molecule has 0 aliphatic carbocycles. The lowest BCUT2D eigenvalue weighted by atomic mass is 10.0. The summed E-state index contributed by atoms with van der Waals surface area (Å²) in [5, 5.41) is 5.42. The van der Waals surface area contributed by atoms with Gasteiger partial charge in [-0.3, -0.25) is 4.98 Å². The molecule has 0 N–H and O–H groups in total. The number of aryl methyl sites for hydroxylation is 3. The molecule has 0 radical (unpaired) electrons. The first kappa shape index (κ1) is 21.0. The molecule has 35 heavy (non-hydrogen) atoms. The van der Waals surface area contributed by atoms with Crippen molar-refractivity contribution >= 4 is 55.8 Å². The van der Waals surface area contributed by atoms with Gasteiger partial charge in [0, 0.05) is 29.3 Å². The number of aromatic nitrogens is 3. The second kappa shape index (κ2) is 7.36. The highest BCUT2D eigenvalue weighted by Gasteiger charge is 2.25. The second-order valence-electron chi connectivity index (χ2n) is 10.8. The molecule has 0 saturated carbocycles. The molecule has 1 aliphatic heterocycles. The van der Waals surface area contributed by atoms with E-state index in [1.807, 2.05) is 17.5 Å². The molecule has 0 spiro atoms. The largest absolute Gasteiger partial charge is 0.315 e. The molecule has 3 nitrogen and oxygen atoms in total. The van der Waals surface area contributed by atoms with Gasteiger partial charge in [0.25, 0.3) is 0 Å². The summed E-state index contributed by atoms with van der Waals surface area (Å²) in [4.78, 5) is 11.4. The summed E-state index contributed by atoms with van der Waals surface area (Å²) in [6, 6.07) is 22.5. The summed E-state index contributed by atoms with van der Waals surface area (Å²) in [7, 11) is -1.56. The lowest BCUT2D eigenvalue weighted by Gasteiger charge is -2.21. The fraction of sp³-hybridized carbons (Fsp3) is 0.200. The van der Waals surface area contributed by atoms with Gasteiger partial charge in [0.2, 0.25) is 0 Å². The van der Waals surface area contributed by atoms with Crippen LogP contribution in [0.15, 0.2) is 66.9 Å². The van der Waals surface area contributed by atoms with Crippen LogP contribution in [0.1, 0.15) is 11.1 Å². The average molecular weight is 490 g/mol. The number of nitrogens with zero attached hydrogens (tertiary/aromatic N) is 3. The van der Waals surface area contributed by atoms with Crippen LogP contribution in [0.3, 0.4) is 0 Å². The van der Waals surface area contributed by atoms with Crippen LogP contribution in [0, 0.1) is 6.92 Å². The van der Waals surface area contributed by atoms with Crippen molar-refractivity contribution in [1.82, 2.24) is 14.5 Å². The maximum absolute atomic E-state index is 5.19. The van der Waals surface area contributed by atoms with E-state index in [4.69, 9.17) is 9.97 Å². The van der Waals surface area contributed by atoms with Crippen LogP contribution >= 0.6 is 11.3 Å².